The maximum atomic E-state index is 15.8. The van der Waals surface area contributed by atoms with E-state index in [0.717, 1.165) is 93.4 Å². The van der Waals surface area contributed by atoms with Gasteiger partial charge >= 0.3 is 0 Å². The zero-order chi connectivity index (χ0) is 40.8. The normalized spacial score (nSPS) is 20.6. The molecule has 1 amide bonds. The molecule has 4 heterocycles. The summed E-state index contributed by atoms with van der Waals surface area (Å²) in [6, 6.07) is 11.0. The summed E-state index contributed by atoms with van der Waals surface area (Å²) in [5, 5.41) is 28.1. The number of unbranched alkanes of at least 4 members (excludes halogenated alkanes) is 11. The number of benzene rings is 2. The molecule has 3 aliphatic heterocycles. The van der Waals surface area contributed by atoms with Gasteiger partial charge in [0.2, 0.25) is 5.91 Å². The van der Waals surface area contributed by atoms with E-state index in [4.69, 9.17) is 9.72 Å². The SMILES string of the molecule is CCCCCCCCCCC(CCCCCCC)S[C@](C(=O)Nc1cc([N+](=O)[O-])cc([N+](=O)[O-])c1)(c1ccnc2ccc(OC)cc12)[C@@H]1C[C@@H]2CCN1C[C@@H]2CC. The second-order valence-corrected chi connectivity index (χ2v) is 17.9. The molecule has 0 saturated carbocycles. The minimum Gasteiger partial charge on any atom is -0.497 e. The average molecular weight is 804 g/mol. The Morgan fingerprint density at radius 2 is 1.51 bits per heavy atom. The Kier molecular flexibility index (Phi) is 17.0. The zero-order valence-electron chi connectivity index (χ0n) is 34.7. The zero-order valence-corrected chi connectivity index (χ0v) is 35.5. The topological polar surface area (TPSA) is 141 Å². The molecule has 312 valence electrons. The molecule has 2 bridgehead atoms. The molecule has 11 nitrogen and oxygen atoms in total. The summed E-state index contributed by atoms with van der Waals surface area (Å²) in [6.07, 6.45) is 22.3. The summed E-state index contributed by atoms with van der Waals surface area (Å²) in [6.45, 7) is 8.52. The van der Waals surface area contributed by atoms with Gasteiger partial charge in [0.1, 0.15) is 10.5 Å². The predicted molar refractivity (Wildman–Crippen MR) is 232 cm³/mol. The molecular weight excluding hydrogens is 739 g/mol. The predicted octanol–water partition coefficient (Wildman–Crippen LogP) is 12.0. The van der Waals surface area contributed by atoms with Gasteiger partial charge in [-0.3, -0.25) is 34.9 Å². The van der Waals surface area contributed by atoms with Crippen LogP contribution >= 0.6 is 11.8 Å². The Balaban J connectivity index is 1.64. The number of nitrogens with zero attached hydrogens (tertiary/aromatic N) is 4. The number of non-ortho nitro benzene ring substituents is 2. The van der Waals surface area contributed by atoms with Gasteiger partial charge in [-0.15, -0.1) is 11.8 Å². The first-order chi connectivity index (χ1) is 27.6. The van der Waals surface area contributed by atoms with Gasteiger partial charge in [0.25, 0.3) is 11.4 Å². The fourth-order valence-corrected chi connectivity index (χ4v) is 11.3. The first-order valence-corrected chi connectivity index (χ1v) is 22.6. The maximum Gasteiger partial charge on any atom is 0.278 e. The number of carbonyl (C=O) groups is 1. The number of hydrogen-bond donors (Lipinski definition) is 1. The molecule has 3 fully saturated rings. The number of nitrogens with one attached hydrogen (secondary N) is 1. The third-order valence-corrected chi connectivity index (χ3v) is 14.4. The quantitative estimate of drug-likeness (QED) is 0.0503. The smallest absolute Gasteiger partial charge is 0.278 e. The monoisotopic (exact) mass is 803 g/mol. The minimum absolute atomic E-state index is 0.0448. The second kappa shape index (κ2) is 21.8. The van der Waals surface area contributed by atoms with Crippen molar-refractivity contribution in [2.24, 2.45) is 11.8 Å². The van der Waals surface area contributed by atoms with E-state index < -0.39 is 26.0 Å². The van der Waals surface area contributed by atoms with Crippen LogP contribution in [0.1, 0.15) is 142 Å². The Hall–Kier alpha value is -3.77. The number of rotatable bonds is 25. The van der Waals surface area contributed by atoms with Gasteiger partial charge in [-0.25, -0.2) is 0 Å². The number of pyridine rings is 1. The van der Waals surface area contributed by atoms with E-state index in [1.807, 2.05) is 24.3 Å². The lowest BCUT2D eigenvalue weighted by Crippen LogP contribution is -2.63. The van der Waals surface area contributed by atoms with Gasteiger partial charge in [-0.05, 0) is 73.9 Å². The number of amides is 1. The number of methoxy groups -OCH3 is 1. The summed E-state index contributed by atoms with van der Waals surface area (Å²) < 4.78 is 4.56. The molecule has 3 aliphatic rings. The molecule has 1 N–H and O–H groups in total. The lowest BCUT2D eigenvalue weighted by atomic mass is 9.69. The molecule has 57 heavy (non-hydrogen) atoms. The van der Waals surface area contributed by atoms with Crippen molar-refractivity contribution in [1.82, 2.24) is 9.88 Å². The van der Waals surface area contributed by atoms with E-state index >= 15 is 4.79 Å². The largest absolute Gasteiger partial charge is 0.497 e. The van der Waals surface area contributed by atoms with Crippen LogP contribution in [0.5, 0.6) is 5.75 Å². The fourth-order valence-electron chi connectivity index (χ4n) is 9.36. The Bertz CT molecular complexity index is 1760. The van der Waals surface area contributed by atoms with Gasteiger partial charge in [0.05, 0.1) is 34.2 Å². The Morgan fingerprint density at radius 3 is 2.05 bits per heavy atom. The summed E-state index contributed by atoms with van der Waals surface area (Å²) in [5.74, 6) is 1.35. The van der Waals surface area contributed by atoms with Gasteiger partial charge in [-0.2, -0.15) is 0 Å². The van der Waals surface area contributed by atoms with E-state index in [1.54, 1.807) is 25.1 Å². The minimum atomic E-state index is -1.18. The highest BCUT2D eigenvalue weighted by atomic mass is 32.2. The standard InChI is InChI=1S/C45H65N5O6S/c1-5-8-10-12-13-14-16-18-20-39(19-17-15-11-9-6-2)57-45(43-27-34-24-26-48(43)32-33(34)7-3,41-23-25-46-42-22-21-38(56-4)31-40(41)42)44(51)47-35-28-36(49(52)53)30-37(29-35)50(54)55/h21-23,25,28-31,33-34,39,43H,5-20,24,26-27,32H2,1-4H3,(H,47,51)/t33-,34-,39?,43-,45+/m0/s1. The molecule has 1 aromatic heterocycles. The van der Waals surface area contributed by atoms with Crippen molar-refractivity contribution in [2.45, 2.75) is 152 Å². The maximum absolute atomic E-state index is 15.8. The van der Waals surface area contributed by atoms with E-state index in [-0.39, 0.29) is 22.9 Å². The molecule has 0 radical (unpaired) electrons. The number of anilines is 1. The van der Waals surface area contributed by atoms with E-state index in [9.17, 15) is 20.2 Å². The number of ether oxygens (including phenoxy) is 1. The third kappa shape index (κ3) is 11.2. The molecule has 6 atom stereocenters. The first-order valence-electron chi connectivity index (χ1n) is 21.7. The molecule has 0 aliphatic carbocycles. The molecule has 0 spiro atoms. The highest BCUT2D eigenvalue weighted by Crippen LogP contribution is 2.54. The molecule has 3 saturated heterocycles. The average Bonchev–Trinajstić information content (AvgIpc) is 3.22. The number of piperidine rings is 3. The van der Waals surface area contributed by atoms with Gasteiger partial charge in [-0.1, -0.05) is 111 Å². The molecule has 6 rings (SSSR count). The number of thioether (sulfide) groups is 1. The summed E-state index contributed by atoms with van der Waals surface area (Å²) in [4.78, 5) is 45.8. The molecular formula is C45H65N5O6S. The number of nitro benzene ring substituents is 2. The fraction of sp³-hybridized carbons (Fsp3) is 0.644. The van der Waals surface area contributed by atoms with Gasteiger partial charge < -0.3 is 10.1 Å². The number of carbonyl (C=O) groups excluding carboxylic acids is 1. The van der Waals surface area contributed by atoms with Crippen LogP contribution in [-0.2, 0) is 9.54 Å². The van der Waals surface area contributed by atoms with E-state index in [0.29, 0.717) is 17.6 Å². The van der Waals surface area contributed by atoms with Crippen LogP contribution in [0.2, 0.25) is 0 Å². The van der Waals surface area contributed by atoms with Crippen LogP contribution in [0.4, 0.5) is 17.1 Å². The van der Waals surface area contributed by atoms with Crippen LogP contribution in [0.15, 0.2) is 48.7 Å². The summed E-state index contributed by atoms with van der Waals surface area (Å²) in [7, 11) is 1.64. The van der Waals surface area contributed by atoms with Crippen LogP contribution in [-0.4, -0.2) is 57.1 Å². The van der Waals surface area contributed by atoms with Crippen LogP contribution < -0.4 is 10.1 Å². The van der Waals surface area contributed by atoms with Crippen LogP contribution in [0, 0.1) is 32.1 Å². The summed E-state index contributed by atoms with van der Waals surface area (Å²) >= 11 is 1.77. The van der Waals surface area contributed by atoms with Crippen molar-refractivity contribution in [3.05, 3.63) is 74.5 Å². The lowest BCUT2D eigenvalue weighted by molar-refractivity contribution is -0.394. The van der Waals surface area contributed by atoms with Crippen molar-refractivity contribution >= 4 is 45.6 Å². The second-order valence-electron chi connectivity index (χ2n) is 16.4. The molecule has 2 aromatic carbocycles. The van der Waals surface area contributed by atoms with Gasteiger partial charge in [0.15, 0.2) is 0 Å². The highest BCUT2D eigenvalue weighted by molar-refractivity contribution is 8.01. The molecule has 2 unspecified atom stereocenters. The van der Waals surface area contributed by atoms with Crippen molar-refractivity contribution in [3.63, 3.8) is 0 Å². The number of nitro groups is 2. The van der Waals surface area contributed by atoms with Crippen molar-refractivity contribution in [1.29, 1.82) is 0 Å². The first kappa shape index (κ1) is 44.3. The highest BCUT2D eigenvalue weighted by Gasteiger charge is 2.56. The van der Waals surface area contributed by atoms with Crippen LogP contribution in [0.25, 0.3) is 10.9 Å². The van der Waals surface area contributed by atoms with E-state index in [1.165, 1.54) is 69.9 Å². The molecule has 3 aromatic rings. The molecule has 12 heteroatoms. The lowest BCUT2D eigenvalue weighted by Gasteiger charge is -2.56. The Labute approximate surface area is 343 Å². The summed E-state index contributed by atoms with van der Waals surface area (Å²) in [5.41, 5.74) is 0.749. The van der Waals surface area contributed by atoms with Crippen molar-refractivity contribution in [2.75, 3.05) is 25.5 Å². The van der Waals surface area contributed by atoms with Crippen molar-refractivity contribution < 1.29 is 19.4 Å². The van der Waals surface area contributed by atoms with Gasteiger partial charge in [0, 0.05) is 41.6 Å². The number of hydrogen-bond acceptors (Lipinski definition) is 9. The number of aromatic nitrogens is 1. The van der Waals surface area contributed by atoms with Crippen LogP contribution in [0.3, 0.4) is 0 Å². The number of fused-ring (bicyclic) bond motifs is 4. The Morgan fingerprint density at radius 1 is 0.895 bits per heavy atom. The van der Waals surface area contributed by atoms with E-state index in [2.05, 4.69) is 31.0 Å². The third-order valence-electron chi connectivity index (χ3n) is 12.5. The van der Waals surface area contributed by atoms with Crippen molar-refractivity contribution in [3.8, 4) is 5.75 Å².